The lowest BCUT2D eigenvalue weighted by atomic mass is 10.0. The molecule has 0 fully saturated rings. The Labute approximate surface area is 158 Å². The zero-order valence-electron chi connectivity index (χ0n) is 15.3. The van der Waals surface area contributed by atoms with Crippen LogP contribution in [0.4, 0.5) is 5.13 Å². The van der Waals surface area contributed by atoms with Crippen LogP contribution in [-0.2, 0) is 9.59 Å². The van der Waals surface area contributed by atoms with E-state index in [9.17, 15) is 9.59 Å². The number of carbonyl (C=O) groups is 2. The van der Waals surface area contributed by atoms with Gasteiger partial charge in [0.2, 0.25) is 5.91 Å². The lowest BCUT2D eigenvalue weighted by Crippen LogP contribution is -2.31. The average Bonchev–Trinajstić information content (AvgIpc) is 3.15. The van der Waals surface area contributed by atoms with Gasteiger partial charge in [0, 0.05) is 19.2 Å². The maximum atomic E-state index is 12.3. The third kappa shape index (κ3) is 6.39. The molecular weight excluding hydrogens is 348 g/mol. The Balaban J connectivity index is 0.00000163. The molecule has 1 amide bonds. The molecule has 2 rings (SSSR count). The number of anilines is 1. The van der Waals surface area contributed by atoms with Gasteiger partial charge in [0.05, 0.1) is 22.4 Å². The van der Waals surface area contributed by atoms with E-state index in [0.29, 0.717) is 30.1 Å². The Morgan fingerprint density at radius 2 is 2.04 bits per heavy atom. The summed E-state index contributed by atoms with van der Waals surface area (Å²) in [5.74, 6) is -0.422. The number of aldehydes is 1. The number of nitriles is 1. The van der Waals surface area contributed by atoms with Crippen molar-refractivity contribution >= 4 is 28.7 Å². The van der Waals surface area contributed by atoms with E-state index in [4.69, 9.17) is 5.26 Å². The number of rotatable bonds is 8. The third-order valence-electron chi connectivity index (χ3n) is 3.49. The Hall–Kier alpha value is -2.56. The highest BCUT2D eigenvalue weighted by molar-refractivity contribution is 7.19. The number of benzene rings is 1. The molecule has 1 aromatic carbocycles. The van der Waals surface area contributed by atoms with Crippen molar-refractivity contribution in [3.05, 3.63) is 36.0 Å². The van der Waals surface area contributed by atoms with Crippen LogP contribution in [-0.4, -0.2) is 30.8 Å². The molecule has 1 heterocycles. The van der Waals surface area contributed by atoms with Crippen molar-refractivity contribution in [1.82, 2.24) is 10.3 Å². The number of hydrogen-bond acceptors (Lipinski definition) is 6. The van der Waals surface area contributed by atoms with Crippen LogP contribution in [0.5, 0.6) is 0 Å². The smallest absolute Gasteiger partial charge is 0.230 e. The summed E-state index contributed by atoms with van der Waals surface area (Å²) in [6.07, 6.45) is 3.38. The van der Waals surface area contributed by atoms with Crippen LogP contribution < -0.4 is 10.6 Å². The summed E-state index contributed by atoms with van der Waals surface area (Å²) < 4.78 is 0. The van der Waals surface area contributed by atoms with E-state index >= 15 is 0 Å². The summed E-state index contributed by atoms with van der Waals surface area (Å²) in [6.45, 7) is 4.51. The van der Waals surface area contributed by atoms with E-state index in [0.717, 1.165) is 16.7 Å². The lowest BCUT2D eigenvalue weighted by Gasteiger charge is -2.13. The fourth-order valence-corrected chi connectivity index (χ4v) is 3.05. The van der Waals surface area contributed by atoms with Gasteiger partial charge in [-0.2, -0.15) is 5.26 Å². The standard InChI is InChI=1S/C17H18N4O2S.C2H6/c1-19-10-14(3-2-8-22)16(23)21-17-20-11-15(24-17)13-6-4-12(9-18)5-7-13;1-2/h4-8,11,14,19H,2-3,10H2,1H3,(H,20,21,23);1-2H3. The van der Waals surface area contributed by atoms with Gasteiger partial charge >= 0.3 is 0 Å². The van der Waals surface area contributed by atoms with Gasteiger partial charge in [-0.3, -0.25) is 4.79 Å². The Bertz CT molecular complexity index is 735. The number of carbonyl (C=O) groups excluding carboxylic acids is 2. The topological polar surface area (TPSA) is 94.9 Å². The number of aromatic nitrogens is 1. The molecule has 26 heavy (non-hydrogen) atoms. The summed E-state index contributed by atoms with van der Waals surface area (Å²) >= 11 is 1.37. The molecule has 0 aliphatic heterocycles. The molecule has 0 saturated carbocycles. The quantitative estimate of drug-likeness (QED) is 0.692. The Morgan fingerprint density at radius 3 is 2.62 bits per heavy atom. The van der Waals surface area contributed by atoms with Crippen LogP contribution in [0.25, 0.3) is 10.4 Å². The second-order valence-corrected chi connectivity index (χ2v) is 6.24. The number of hydrogen-bond donors (Lipinski definition) is 2. The van der Waals surface area contributed by atoms with Crippen LogP contribution in [0.1, 0.15) is 32.3 Å². The predicted octanol–water partition coefficient (Wildman–Crippen LogP) is 3.46. The summed E-state index contributed by atoms with van der Waals surface area (Å²) in [7, 11) is 1.77. The monoisotopic (exact) mass is 372 g/mol. The molecule has 0 aliphatic carbocycles. The molecule has 0 saturated heterocycles. The highest BCUT2D eigenvalue weighted by atomic mass is 32.1. The summed E-state index contributed by atoms with van der Waals surface area (Å²) in [4.78, 5) is 28.0. The molecule has 0 aliphatic rings. The number of amides is 1. The van der Waals surface area contributed by atoms with Crippen molar-refractivity contribution in [1.29, 1.82) is 5.26 Å². The fourth-order valence-electron chi connectivity index (χ4n) is 2.22. The normalized spacial score (nSPS) is 10.8. The summed E-state index contributed by atoms with van der Waals surface area (Å²) in [5.41, 5.74) is 1.54. The van der Waals surface area contributed by atoms with E-state index < -0.39 is 0 Å². The number of nitrogens with one attached hydrogen (secondary N) is 2. The number of nitrogens with zero attached hydrogens (tertiary/aromatic N) is 2. The minimum absolute atomic E-state index is 0.146. The molecule has 6 nitrogen and oxygen atoms in total. The number of thiazole rings is 1. The first-order valence-corrected chi connectivity index (χ1v) is 9.35. The van der Waals surface area contributed by atoms with Crippen LogP contribution in [0, 0.1) is 17.2 Å². The van der Waals surface area contributed by atoms with Gasteiger partial charge in [0.15, 0.2) is 5.13 Å². The van der Waals surface area contributed by atoms with Gasteiger partial charge in [-0.15, -0.1) is 0 Å². The van der Waals surface area contributed by atoms with Crippen LogP contribution in [0.15, 0.2) is 30.5 Å². The predicted molar refractivity (Wildman–Crippen MR) is 105 cm³/mol. The zero-order chi connectivity index (χ0) is 19.4. The van der Waals surface area contributed by atoms with Crippen LogP contribution in [0.2, 0.25) is 0 Å². The second kappa shape index (κ2) is 11.9. The first-order valence-electron chi connectivity index (χ1n) is 8.53. The SMILES string of the molecule is CC.CNCC(CCC=O)C(=O)Nc1ncc(-c2ccc(C#N)cc2)s1. The van der Waals surface area contributed by atoms with Gasteiger partial charge in [-0.05, 0) is 31.2 Å². The molecule has 2 aromatic rings. The molecule has 0 bridgehead atoms. The van der Waals surface area contributed by atoms with Gasteiger partial charge in [-0.25, -0.2) is 4.98 Å². The highest BCUT2D eigenvalue weighted by Crippen LogP contribution is 2.29. The second-order valence-electron chi connectivity index (χ2n) is 5.21. The van der Waals surface area contributed by atoms with E-state index in [2.05, 4.69) is 21.7 Å². The van der Waals surface area contributed by atoms with Crippen LogP contribution in [0.3, 0.4) is 0 Å². The van der Waals surface area contributed by atoms with Gasteiger partial charge in [0.1, 0.15) is 6.29 Å². The first kappa shape index (κ1) is 21.5. The zero-order valence-corrected chi connectivity index (χ0v) is 16.1. The molecule has 0 radical (unpaired) electrons. The van der Waals surface area contributed by atoms with E-state index in [1.54, 1.807) is 25.4 Å². The first-order chi connectivity index (χ1) is 12.7. The summed E-state index contributed by atoms with van der Waals surface area (Å²) in [6, 6.07) is 9.28. The van der Waals surface area contributed by atoms with Crippen molar-refractivity contribution in [2.45, 2.75) is 26.7 Å². The van der Waals surface area contributed by atoms with Crippen molar-refractivity contribution in [2.75, 3.05) is 18.9 Å². The Morgan fingerprint density at radius 1 is 1.35 bits per heavy atom. The van der Waals surface area contributed by atoms with Gasteiger partial charge in [-0.1, -0.05) is 37.3 Å². The average molecular weight is 372 g/mol. The van der Waals surface area contributed by atoms with E-state index in [-0.39, 0.29) is 11.8 Å². The highest BCUT2D eigenvalue weighted by Gasteiger charge is 2.18. The molecule has 2 N–H and O–H groups in total. The molecule has 1 atom stereocenters. The van der Waals surface area contributed by atoms with E-state index in [1.165, 1.54) is 11.3 Å². The van der Waals surface area contributed by atoms with Crippen molar-refractivity contribution in [3.8, 4) is 16.5 Å². The largest absolute Gasteiger partial charge is 0.319 e. The molecule has 7 heteroatoms. The van der Waals surface area contributed by atoms with Crippen molar-refractivity contribution < 1.29 is 9.59 Å². The maximum Gasteiger partial charge on any atom is 0.230 e. The van der Waals surface area contributed by atoms with Crippen LogP contribution >= 0.6 is 11.3 Å². The maximum absolute atomic E-state index is 12.3. The third-order valence-corrected chi connectivity index (χ3v) is 4.45. The minimum Gasteiger partial charge on any atom is -0.319 e. The molecule has 1 unspecified atom stereocenters. The molecule has 0 spiro atoms. The minimum atomic E-state index is -0.275. The Kier molecular flexibility index (Phi) is 9.83. The van der Waals surface area contributed by atoms with E-state index in [1.807, 2.05) is 26.0 Å². The van der Waals surface area contributed by atoms with Gasteiger partial charge in [0.25, 0.3) is 0 Å². The van der Waals surface area contributed by atoms with Crippen molar-refractivity contribution in [2.24, 2.45) is 5.92 Å². The molecule has 138 valence electrons. The van der Waals surface area contributed by atoms with Gasteiger partial charge < -0.3 is 15.4 Å². The molecular formula is C19H24N4O2S. The fraction of sp³-hybridized carbons (Fsp3) is 0.368. The lowest BCUT2D eigenvalue weighted by molar-refractivity contribution is -0.120. The van der Waals surface area contributed by atoms with Crippen molar-refractivity contribution in [3.63, 3.8) is 0 Å². The molecule has 1 aromatic heterocycles. The summed E-state index contributed by atoms with van der Waals surface area (Å²) in [5, 5.41) is 15.1.